The van der Waals surface area contributed by atoms with Crippen LogP contribution in [0.15, 0.2) is 0 Å². The zero-order valence-corrected chi connectivity index (χ0v) is 13.0. The Hall–Kier alpha value is -1.83. The van der Waals surface area contributed by atoms with E-state index in [1.54, 1.807) is 6.92 Å². The standard InChI is InChI=1S/2C4H10N2O2.C3H8N2O2/c1-2(5)3(6)4(7)8;5-2-1-3(6)4(7)8;4-1-2(5)3(6)7/h2-3H,5-6H2,1H3,(H,7,8);3H,1-2,5-6H2,(H,7,8);2H,1,4-5H2,(H,6,7)/t2?,3-;;/m0../s1. The molecule has 0 rings (SSSR count). The van der Waals surface area contributed by atoms with Gasteiger partial charge in [-0.15, -0.1) is 0 Å². The summed E-state index contributed by atoms with van der Waals surface area (Å²) in [6.45, 7) is 1.88. The molecule has 0 aliphatic rings. The number of hydrogen-bond acceptors (Lipinski definition) is 9. The Balaban J connectivity index is -0.000000262. The van der Waals surface area contributed by atoms with Crippen molar-refractivity contribution in [3.63, 3.8) is 0 Å². The van der Waals surface area contributed by atoms with Crippen LogP contribution in [0.5, 0.6) is 0 Å². The monoisotopic (exact) mass is 340 g/mol. The van der Waals surface area contributed by atoms with Gasteiger partial charge >= 0.3 is 17.9 Å². The lowest BCUT2D eigenvalue weighted by atomic mass is 10.2. The third-order valence-electron chi connectivity index (χ3n) is 2.22. The van der Waals surface area contributed by atoms with Gasteiger partial charge in [-0.25, -0.2) is 0 Å². The number of aliphatic carboxylic acids is 3. The Morgan fingerprint density at radius 3 is 1.26 bits per heavy atom. The van der Waals surface area contributed by atoms with Crippen molar-refractivity contribution in [2.24, 2.45) is 34.4 Å². The average Bonchev–Trinajstić information content (AvgIpc) is 2.46. The molecule has 0 aromatic heterocycles. The number of rotatable bonds is 7. The lowest BCUT2D eigenvalue weighted by molar-refractivity contribution is -0.139. The maximum atomic E-state index is 9.94. The van der Waals surface area contributed by atoms with Gasteiger partial charge in [0, 0.05) is 12.6 Å². The molecule has 0 heterocycles. The number of carbonyl (C=O) groups is 3. The summed E-state index contributed by atoms with van der Waals surface area (Å²) < 4.78 is 0. The summed E-state index contributed by atoms with van der Waals surface area (Å²) in [4.78, 5) is 29.6. The SMILES string of the molecule is CC(N)[C@H](N)C(=O)O.NCC(N)C(=O)O.NCCC(N)C(=O)O. The van der Waals surface area contributed by atoms with Crippen LogP contribution < -0.4 is 34.4 Å². The normalized spacial score (nSPS) is 14.7. The summed E-state index contributed by atoms with van der Waals surface area (Å²) in [5, 5.41) is 24.3. The average molecular weight is 340 g/mol. The van der Waals surface area contributed by atoms with Gasteiger partial charge in [0.05, 0.1) is 0 Å². The first-order valence-corrected chi connectivity index (χ1v) is 6.53. The van der Waals surface area contributed by atoms with Crippen molar-refractivity contribution in [2.75, 3.05) is 13.1 Å². The third kappa shape index (κ3) is 18.1. The van der Waals surface area contributed by atoms with Crippen molar-refractivity contribution >= 4 is 17.9 Å². The predicted octanol–water partition coefficient (Wildman–Crippen LogP) is -4.15. The topological polar surface area (TPSA) is 268 Å². The van der Waals surface area contributed by atoms with Crippen LogP contribution in [-0.4, -0.2) is 70.5 Å². The van der Waals surface area contributed by atoms with E-state index in [4.69, 9.17) is 49.7 Å². The second-order valence-electron chi connectivity index (χ2n) is 4.43. The number of carboxylic acids is 3. The largest absolute Gasteiger partial charge is 0.480 e. The summed E-state index contributed by atoms with van der Waals surface area (Å²) in [6.07, 6.45) is 0.343. The molecule has 0 bridgehead atoms. The van der Waals surface area contributed by atoms with E-state index in [2.05, 4.69) is 0 Å². The van der Waals surface area contributed by atoms with Crippen LogP contribution in [0, 0.1) is 0 Å². The van der Waals surface area contributed by atoms with Gasteiger partial charge in [0.2, 0.25) is 0 Å². The van der Waals surface area contributed by atoms with Gasteiger partial charge in [-0.1, -0.05) is 0 Å². The highest BCUT2D eigenvalue weighted by atomic mass is 16.4. The van der Waals surface area contributed by atoms with Gasteiger partial charge in [0.15, 0.2) is 0 Å². The Kier molecular flexibility index (Phi) is 17.1. The van der Waals surface area contributed by atoms with Crippen LogP contribution in [-0.2, 0) is 14.4 Å². The summed E-state index contributed by atoms with van der Waals surface area (Å²) in [5.74, 6) is -3.10. The highest BCUT2D eigenvalue weighted by Gasteiger charge is 2.14. The number of carboxylic acid groups (broad SMARTS) is 3. The fourth-order valence-corrected chi connectivity index (χ4v) is 0.629. The quantitative estimate of drug-likeness (QED) is 0.213. The molecule has 12 nitrogen and oxygen atoms in total. The number of hydrogen-bond donors (Lipinski definition) is 9. The smallest absolute Gasteiger partial charge is 0.322 e. The molecule has 0 aliphatic carbocycles. The molecule has 0 radical (unpaired) electrons. The summed E-state index contributed by atoms with van der Waals surface area (Å²) in [5.41, 5.74) is 30.0. The van der Waals surface area contributed by atoms with Crippen molar-refractivity contribution in [1.82, 2.24) is 0 Å². The number of nitrogens with two attached hydrogens (primary N) is 6. The van der Waals surface area contributed by atoms with Crippen molar-refractivity contribution in [3.05, 3.63) is 0 Å². The van der Waals surface area contributed by atoms with Gasteiger partial charge < -0.3 is 49.7 Å². The van der Waals surface area contributed by atoms with E-state index < -0.39 is 42.1 Å². The Morgan fingerprint density at radius 1 is 0.826 bits per heavy atom. The molecular formula is C11H28N6O6. The minimum Gasteiger partial charge on any atom is -0.480 e. The van der Waals surface area contributed by atoms with E-state index in [9.17, 15) is 14.4 Å². The van der Waals surface area contributed by atoms with E-state index in [1.807, 2.05) is 0 Å². The zero-order valence-electron chi connectivity index (χ0n) is 13.0. The fourth-order valence-electron chi connectivity index (χ4n) is 0.629. The minimum atomic E-state index is -1.06. The molecule has 0 saturated heterocycles. The molecule has 0 saturated carbocycles. The van der Waals surface area contributed by atoms with Crippen molar-refractivity contribution < 1.29 is 29.7 Å². The molecule has 0 spiro atoms. The molecule has 138 valence electrons. The van der Waals surface area contributed by atoms with Crippen LogP contribution in [0.25, 0.3) is 0 Å². The Morgan fingerprint density at radius 2 is 1.22 bits per heavy atom. The molecule has 23 heavy (non-hydrogen) atoms. The highest BCUT2D eigenvalue weighted by molar-refractivity contribution is 5.74. The highest BCUT2D eigenvalue weighted by Crippen LogP contribution is 1.83. The molecule has 0 aromatic rings. The molecule has 0 amide bonds. The third-order valence-corrected chi connectivity index (χ3v) is 2.22. The Labute approximate surface area is 133 Å². The van der Waals surface area contributed by atoms with E-state index in [0.29, 0.717) is 13.0 Å². The van der Waals surface area contributed by atoms with E-state index >= 15 is 0 Å². The van der Waals surface area contributed by atoms with Crippen molar-refractivity contribution in [2.45, 2.75) is 37.5 Å². The summed E-state index contributed by atoms with van der Waals surface area (Å²) in [6, 6.07) is -3.11. The van der Waals surface area contributed by atoms with Crippen LogP contribution in [0.4, 0.5) is 0 Å². The first-order valence-electron chi connectivity index (χ1n) is 6.53. The second-order valence-corrected chi connectivity index (χ2v) is 4.43. The first-order chi connectivity index (χ1) is 10.4. The lowest BCUT2D eigenvalue weighted by Crippen LogP contribution is -2.44. The molecule has 12 heteroatoms. The lowest BCUT2D eigenvalue weighted by Gasteiger charge is -2.08. The molecular weight excluding hydrogens is 312 g/mol. The molecule has 3 unspecified atom stereocenters. The maximum Gasteiger partial charge on any atom is 0.322 e. The first kappa shape index (κ1) is 26.1. The van der Waals surface area contributed by atoms with Crippen molar-refractivity contribution in [3.8, 4) is 0 Å². The molecule has 0 fully saturated rings. The predicted molar refractivity (Wildman–Crippen MR) is 83.2 cm³/mol. The molecule has 0 aromatic carbocycles. The van der Waals surface area contributed by atoms with E-state index in [-0.39, 0.29) is 6.54 Å². The second kappa shape index (κ2) is 15.1. The van der Waals surface area contributed by atoms with Gasteiger partial charge in [-0.3, -0.25) is 14.4 Å². The van der Waals surface area contributed by atoms with Gasteiger partial charge in [0.1, 0.15) is 18.1 Å². The molecule has 0 aliphatic heterocycles. The van der Waals surface area contributed by atoms with E-state index in [0.717, 1.165) is 0 Å². The van der Waals surface area contributed by atoms with Gasteiger partial charge in [-0.05, 0) is 19.9 Å². The summed E-state index contributed by atoms with van der Waals surface area (Å²) in [7, 11) is 0. The van der Waals surface area contributed by atoms with Crippen LogP contribution >= 0.6 is 0 Å². The molecule has 4 atom stereocenters. The Bertz CT molecular complexity index is 354. The van der Waals surface area contributed by atoms with E-state index in [1.165, 1.54) is 0 Å². The molecule has 15 N–H and O–H groups in total. The van der Waals surface area contributed by atoms with Crippen LogP contribution in [0.2, 0.25) is 0 Å². The minimum absolute atomic E-state index is 0.00463. The van der Waals surface area contributed by atoms with Crippen LogP contribution in [0.3, 0.4) is 0 Å². The zero-order chi connectivity index (χ0) is 19.2. The van der Waals surface area contributed by atoms with Gasteiger partial charge in [0.25, 0.3) is 0 Å². The maximum absolute atomic E-state index is 9.94. The van der Waals surface area contributed by atoms with Gasteiger partial charge in [-0.2, -0.15) is 0 Å². The fraction of sp³-hybridized carbons (Fsp3) is 0.727. The van der Waals surface area contributed by atoms with Crippen LogP contribution in [0.1, 0.15) is 13.3 Å². The van der Waals surface area contributed by atoms with Crippen molar-refractivity contribution in [1.29, 1.82) is 0 Å². The summed E-state index contributed by atoms with van der Waals surface area (Å²) >= 11 is 0.